The van der Waals surface area contributed by atoms with Crippen LogP contribution in [0.1, 0.15) is 17.0 Å². The number of rotatable bonds is 2. The van der Waals surface area contributed by atoms with Crippen molar-refractivity contribution in [1.29, 1.82) is 5.26 Å². The first-order valence-corrected chi connectivity index (χ1v) is 6.18. The Morgan fingerprint density at radius 3 is 2.11 bits per heavy atom. The van der Waals surface area contributed by atoms with E-state index in [4.69, 9.17) is 28.9 Å². The number of hydrogen-bond acceptors (Lipinski definition) is 2. The zero-order chi connectivity index (χ0) is 14.0. The normalized spacial score (nSPS) is 11.9. The third kappa shape index (κ3) is 2.81. The Kier molecular flexibility index (Phi) is 3.94. The van der Waals surface area contributed by atoms with Gasteiger partial charge < -0.3 is 5.73 Å². The molecule has 2 nitrogen and oxygen atoms in total. The van der Waals surface area contributed by atoms with Gasteiger partial charge in [-0.3, -0.25) is 0 Å². The van der Waals surface area contributed by atoms with Crippen LogP contribution in [0.2, 0.25) is 10.0 Å². The van der Waals surface area contributed by atoms with Crippen molar-refractivity contribution in [3.05, 3.63) is 63.4 Å². The fourth-order valence-electron chi connectivity index (χ4n) is 1.84. The van der Waals surface area contributed by atoms with E-state index in [1.54, 1.807) is 0 Å². The molecule has 1 atom stereocenters. The lowest BCUT2D eigenvalue weighted by atomic mass is 9.92. The Balaban J connectivity index is 2.55. The van der Waals surface area contributed by atoms with Gasteiger partial charge in [0.2, 0.25) is 0 Å². The molecule has 5 heteroatoms. The summed E-state index contributed by atoms with van der Waals surface area (Å²) in [6.45, 7) is 0. The van der Waals surface area contributed by atoms with E-state index in [2.05, 4.69) is 6.07 Å². The fraction of sp³-hybridized carbons (Fsp3) is 0.0714. The van der Waals surface area contributed by atoms with Crippen LogP contribution < -0.4 is 5.73 Å². The van der Waals surface area contributed by atoms with Crippen LogP contribution in [0.3, 0.4) is 0 Å². The first kappa shape index (κ1) is 13.7. The highest BCUT2D eigenvalue weighted by Crippen LogP contribution is 2.37. The fourth-order valence-corrected chi connectivity index (χ4v) is 2.56. The topological polar surface area (TPSA) is 49.8 Å². The molecule has 2 aromatic rings. The van der Waals surface area contributed by atoms with Crippen molar-refractivity contribution in [1.82, 2.24) is 0 Å². The summed E-state index contributed by atoms with van der Waals surface area (Å²) >= 11 is 12.2. The largest absolute Gasteiger partial charge is 0.399 e. The van der Waals surface area contributed by atoms with Gasteiger partial charge in [0.15, 0.2) is 0 Å². The molecule has 0 radical (unpaired) electrons. The number of nitrogen functional groups attached to an aromatic ring is 1. The molecule has 0 aliphatic rings. The van der Waals surface area contributed by atoms with Crippen LogP contribution in [-0.4, -0.2) is 0 Å². The predicted molar refractivity (Wildman–Crippen MR) is 74.7 cm³/mol. The molecule has 2 N–H and O–H groups in total. The summed E-state index contributed by atoms with van der Waals surface area (Å²) < 4.78 is 12.9. The van der Waals surface area contributed by atoms with Crippen LogP contribution in [0.5, 0.6) is 0 Å². The van der Waals surface area contributed by atoms with Gasteiger partial charge in [-0.1, -0.05) is 35.3 Å². The van der Waals surface area contributed by atoms with Crippen molar-refractivity contribution in [3.63, 3.8) is 0 Å². The standard InChI is InChI=1S/C14H9Cl2FN2/c15-12-5-10(19)6-13(16)14(12)11(7-18)8-1-3-9(17)4-2-8/h1-6,11H,19H2. The quantitative estimate of drug-likeness (QED) is 0.836. The van der Waals surface area contributed by atoms with Gasteiger partial charge in [0.05, 0.1) is 12.0 Å². The van der Waals surface area contributed by atoms with Gasteiger partial charge in [-0.2, -0.15) is 5.26 Å². The Morgan fingerprint density at radius 2 is 1.63 bits per heavy atom. The van der Waals surface area contributed by atoms with E-state index >= 15 is 0 Å². The van der Waals surface area contributed by atoms with Crippen molar-refractivity contribution < 1.29 is 4.39 Å². The van der Waals surface area contributed by atoms with Gasteiger partial charge in [-0.15, -0.1) is 0 Å². The minimum atomic E-state index is -0.666. The van der Waals surface area contributed by atoms with Crippen molar-refractivity contribution in [2.45, 2.75) is 5.92 Å². The summed E-state index contributed by atoms with van der Waals surface area (Å²) in [6, 6.07) is 10.8. The molecule has 0 aromatic heterocycles. The zero-order valence-electron chi connectivity index (χ0n) is 9.70. The molecule has 0 heterocycles. The lowest BCUT2D eigenvalue weighted by Crippen LogP contribution is -2.01. The van der Waals surface area contributed by atoms with E-state index < -0.39 is 5.92 Å². The summed E-state index contributed by atoms with van der Waals surface area (Å²) in [5, 5.41) is 9.97. The molecular formula is C14H9Cl2FN2. The summed E-state index contributed by atoms with van der Waals surface area (Å²) in [4.78, 5) is 0. The molecule has 0 saturated heterocycles. The van der Waals surface area contributed by atoms with E-state index in [0.717, 1.165) is 0 Å². The highest BCUT2D eigenvalue weighted by molar-refractivity contribution is 6.36. The van der Waals surface area contributed by atoms with E-state index in [9.17, 15) is 9.65 Å². The number of nitriles is 1. The Labute approximate surface area is 120 Å². The van der Waals surface area contributed by atoms with E-state index in [1.807, 2.05) is 0 Å². The van der Waals surface area contributed by atoms with Crippen molar-refractivity contribution in [3.8, 4) is 6.07 Å². The molecule has 0 aliphatic carbocycles. The number of hydrogen-bond donors (Lipinski definition) is 1. The summed E-state index contributed by atoms with van der Waals surface area (Å²) in [5.41, 5.74) is 7.15. The number of anilines is 1. The summed E-state index contributed by atoms with van der Waals surface area (Å²) in [5.74, 6) is -1.03. The maximum atomic E-state index is 12.9. The second-order valence-electron chi connectivity index (χ2n) is 4.01. The average molecular weight is 295 g/mol. The molecule has 2 rings (SSSR count). The van der Waals surface area contributed by atoms with Crippen LogP contribution in [0, 0.1) is 17.1 Å². The lowest BCUT2D eigenvalue weighted by Gasteiger charge is -2.14. The monoisotopic (exact) mass is 294 g/mol. The Bertz CT molecular complexity index is 624. The molecule has 0 amide bonds. The molecule has 0 saturated carbocycles. The first-order chi connectivity index (χ1) is 9.02. The van der Waals surface area contributed by atoms with Crippen molar-refractivity contribution in [2.24, 2.45) is 0 Å². The minimum Gasteiger partial charge on any atom is -0.399 e. The molecule has 0 spiro atoms. The number of benzene rings is 2. The minimum absolute atomic E-state index is 0.320. The Hall–Kier alpha value is -1.76. The lowest BCUT2D eigenvalue weighted by molar-refractivity contribution is 0.627. The number of nitrogens with zero attached hydrogens (tertiary/aromatic N) is 1. The van der Waals surface area contributed by atoms with Crippen molar-refractivity contribution in [2.75, 3.05) is 5.73 Å². The molecule has 1 unspecified atom stereocenters. The third-order valence-electron chi connectivity index (χ3n) is 2.72. The number of halogens is 3. The summed E-state index contributed by atoms with van der Waals surface area (Å²) in [7, 11) is 0. The molecule has 2 aromatic carbocycles. The average Bonchev–Trinajstić information content (AvgIpc) is 2.35. The van der Waals surface area contributed by atoms with Gasteiger partial charge in [-0.05, 0) is 29.8 Å². The summed E-state index contributed by atoms with van der Waals surface area (Å²) in [6.07, 6.45) is 0. The SMILES string of the molecule is N#CC(c1ccc(F)cc1)c1c(Cl)cc(N)cc1Cl. The first-order valence-electron chi connectivity index (χ1n) is 5.42. The molecule has 96 valence electrons. The zero-order valence-corrected chi connectivity index (χ0v) is 11.2. The second-order valence-corrected chi connectivity index (χ2v) is 4.83. The van der Waals surface area contributed by atoms with Crippen LogP contribution >= 0.6 is 23.2 Å². The van der Waals surface area contributed by atoms with Crippen LogP contribution in [0.4, 0.5) is 10.1 Å². The second kappa shape index (κ2) is 5.48. The predicted octanol–water partition coefficient (Wildman–Crippen LogP) is 4.37. The molecule has 0 fully saturated rings. The smallest absolute Gasteiger partial charge is 0.123 e. The highest BCUT2D eigenvalue weighted by atomic mass is 35.5. The maximum absolute atomic E-state index is 12.9. The van der Waals surface area contributed by atoms with Crippen LogP contribution in [0.15, 0.2) is 36.4 Å². The van der Waals surface area contributed by atoms with Crippen LogP contribution in [-0.2, 0) is 0 Å². The molecule has 0 aliphatic heterocycles. The highest BCUT2D eigenvalue weighted by Gasteiger charge is 2.20. The van der Waals surface area contributed by atoms with Gasteiger partial charge in [0.1, 0.15) is 5.82 Å². The number of nitrogens with two attached hydrogens (primary N) is 1. The van der Waals surface area contributed by atoms with Gasteiger partial charge >= 0.3 is 0 Å². The van der Waals surface area contributed by atoms with Gasteiger partial charge in [0.25, 0.3) is 0 Å². The van der Waals surface area contributed by atoms with Crippen molar-refractivity contribution >= 4 is 28.9 Å². The van der Waals surface area contributed by atoms with Crippen LogP contribution in [0.25, 0.3) is 0 Å². The molecule has 19 heavy (non-hydrogen) atoms. The molecule has 0 bridgehead atoms. The van der Waals surface area contributed by atoms with Gasteiger partial charge in [-0.25, -0.2) is 4.39 Å². The van der Waals surface area contributed by atoms with E-state index in [-0.39, 0.29) is 5.82 Å². The van der Waals surface area contributed by atoms with E-state index in [0.29, 0.717) is 26.9 Å². The van der Waals surface area contributed by atoms with Gasteiger partial charge in [0, 0.05) is 21.3 Å². The molecular weight excluding hydrogens is 286 g/mol. The third-order valence-corrected chi connectivity index (χ3v) is 3.35. The Morgan fingerprint density at radius 1 is 1.11 bits per heavy atom. The van der Waals surface area contributed by atoms with E-state index in [1.165, 1.54) is 36.4 Å². The maximum Gasteiger partial charge on any atom is 0.123 e.